The number of rotatable bonds is 7. The van der Waals surface area contributed by atoms with Crippen LogP contribution >= 0.6 is 0 Å². The van der Waals surface area contributed by atoms with Crippen LogP contribution in [0.15, 0.2) is 48.5 Å². The fourth-order valence-corrected chi connectivity index (χ4v) is 3.22. The summed E-state index contributed by atoms with van der Waals surface area (Å²) in [5, 5.41) is 5.63. The molecule has 2 N–H and O–H groups in total. The number of hydrogen-bond donors (Lipinski definition) is 2. The molecule has 0 atom stereocenters. The molecule has 146 valence electrons. The van der Waals surface area contributed by atoms with Gasteiger partial charge in [0.15, 0.2) is 0 Å². The fourth-order valence-electron chi connectivity index (χ4n) is 3.22. The highest BCUT2D eigenvalue weighted by Gasteiger charge is 2.21. The summed E-state index contributed by atoms with van der Waals surface area (Å²) in [7, 11) is 0. The Hall–Kier alpha value is -3.15. The van der Waals surface area contributed by atoms with Gasteiger partial charge >= 0.3 is 0 Å². The normalized spacial score (nSPS) is 13.5. The number of nitrogens with zero attached hydrogens (tertiary/aromatic N) is 1. The van der Waals surface area contributed by atoms with Gasteiger partial charge in [0.2, 0.25) is 11.8 Å². The van der Waals surface area contributed by atoms with E-state index in [-0.39, 0.29) is 30.7 Å². The highest BCUT2D eigenvalue weighted by atomic mass is 16.2. The van der Waals surface area contributed by atoms with Crippen LogP contribution in [0.5, 0.6) is 0 Å². The molecule has 3 amide bonds. The molecule has 1 aliphatic rings. The van der Waals surface area contributed by atoms with Crippen molar-refractivity contribution in [3.8, 4) is 0 Å². The summed E-state index contributed by atoms with van der Waals surface area (Å²) < 4.78 is 0. The lowest BCUT2D eigenvalue weighted by Gasteiger charge is -2.16. The maximum absolute atomic E-state index is 12.1. The number of nitrogens with one attached hydrogen (secondary N) is 2. The van der Waals surface area contributed by atoms with E-state index < -0.39 is 0 Å². The van der Waals surface area contributed by atoms with Crippen molar-refractivity contribution >= 4 is 23.4 Å². The molecule has 6 heteroatoms. The van der Waals surface area contributed by atoms with Gasteiger partial charge in [0, 0.05) is 43.7 Å². The first-order valence-corrected chi connectivity index (χ1v) is 9.54. The standard InChI is InChI=1S/C22H25N3O3/c1-16-5-2-3-6-19(16)22(28)23-13-12-20(26)24-15-17-8-10-18(11-9-17)25-14-4-7-21(25)27/h2-3,5-6,8-11H,4,7,12-15H2,1H3,(H,23,28)(H,24,26). The zero-order valence-electron chi connectivity index (χ0n) is 16.0. The van der Waals surface area contributed by atoms with E-state index in [0.29, 0.717) is 18.5 Å². The molecule has 0 radical (unpaired) electrons. The van der Waals surface area contributed by atoms with Crippen molar-refractivity contribution in [2.45, 2.75) is 32.7 Å². The van der Waals surface area contributed by atoms with Gasteiger partial charge in [-0.3, -0.25) is 14.4 Å². The van der Waals surface area contributed by atoms with Crippen LogP contribution in [0.3, 0.4) is 0 Å². The van der Waals surface area contributed by atoms with Crippen LogP contribution in [0, 0.1) is 6.92 Å². The van der Waals surface area contributed by atoms with Crippen molar-refractivity contribution in [1.82, 2.24) is 10.6 Å². The molecule has 0 aliphatic carbocycles. The number of anilines is 1. The lowest BCUT2D eigenvalue weighted by molar-refractivity contribution is -0.121. The van der Waals surface area contributed by atoms with E-state index in [1.165, 1.54) is 0 Å². The molecule has 0 unspecified atom stereocenters. The third-order valence-corrected chi connectivity index (χ3v) is 4.84. The van der Waals surface area contributed by atoms with Gasteiger partial charge in [-0.2, -0.15) is 0 Å². The van der Waals surface area contributed by atoms with Crippen LogP contribution in [0.4, 0.5) is 5.69 Å². The van der Waals surface area contributed by atoms with E-state index in [1.807, 2.05) is 49.4 Å². The highest BCUT2D eigenvalue weighted by Crippen LogP contribution is 2.21. The Morgan fingerprint density at radius 3 is 2.46 bits per heavy atom. The molecule has 6 nitrogen and oxygen atoms in total. The minimum absolute atomic E-state index is 0.121. The molecule has 1 aliphatic heterocycles. The van der Waals surface area contributed by atoms with Crippen LogP contribution < -0.4 is 15.5 Å². The molecule has 2 aromatic carbocycles. The van der Waals surface area contributed by atoms with Crippen molar-refractivity contribution in [2.75, 3.05) is 18.0 Å². The Labute approximate surface area is 164 Å². The summed E-state index contributed by atoms with van der Waals surface area (Å²) in [6, 6.07) is 15.0. The average molecular weight is 379 g/mol. The highest BCUT2D eigenvalue weighted by molar-refractivity contribution is 5.96. The second-order valence-corrected chi connectivity index (χ2v) is 6.91. The van der Waals surface area contributed by atoms with E-state index >= 15 is 0 Å². The molecular formula is C22H25N3O3. The van der Waals surface area contributed by atoms with Crippen molar-refractivity contribution < 1.29 is 14.4 Å². The number of carbonyl (C=O) groups is 3. The number of amides is 3. The Morgan fingerprint density at radius 2 is 1.79 bits per heavy atom. The maximum atomic E-state index is 12.1. The average Bonchev–Trinajstić information content (AvgIpc) is 3.13. The predicted octanol–water partition coefficient (Wildman–Crippen LogP) is 2.56. The summed E-state index contributed by atoms with van der Waals surface area (Å²) in [4.78, 5) is 37.7. The van der Waals surface area contributed by atoms with E-state index in [4.69, 9.17) is 0 Å². The first-order valence-electron chi connectivity index (χ1n) is 9.54. The van der Waals surface area contributed by atoms with E-state index in [0.717, 1.165) is 29.8 Å². The van der Waals surface area contributed by atoms with Crippen LogP contribution in [0.1, 0.15) is 40.7 Å². The van der Waals surface area contributed by atoms with Gasteiger partial charge < -0.3 is 15.5 Å². The second-order valence-electron chi connectivity index (χ2n) is 6.91. The van der Waals surface area contributed by atoms with Crippen LogP contribution in [0.25, 0.3) is 0 Å². The van der Waals surface area contributed by atoms with Crippen LogP contribution in [0.2, 0.25) is 0 Å². The van der Waals surface area contributed by atoms with Crippen LogP contribution in [-0.2, 0) is 16.1 Å². The Balaban J connectivity index is 1.40. The summed E-state index contributed by atoms with van der Waals surface area (Å²) in [6.45, 7) is 3.35. The number of benzene rings is 2. The van der Waals surface area contributed by atoms with Crippen molar-refractivity contribution in [3.05, 3.63) is 65.2 Å². The molecule has 1 saturated heterocycles. The quantitative estimate of drug-likeness (QED) is 0.776. The minimum Gasteiger partial charge on any atom is -0.352 e. The Morgan fingerprint density at radius 1 is 1.04 bits per heavy atom. The number of aryl methyl sites for hydroxylation is 1. The van der Waals surface area contributed by atoms with E-state index in [2.05, 4.69) is 10.6 Å². The topological polar surface area (TPSA) is 78.5 Å². The molecule has 0 bridgehead atoms. The monoisotopic (exact) mass is 379 g/mol. The number of carbonyl (C=O) groups excluding carboxylic acids is 3. The van der Waals surface area contributed by atoms with Gasteiger partial charge in [-0.1, -0.05) is 30.3 Å². The Bertz CT molecular complexity index is 862. The van der Waals surface area contributed by atoms with Gasteiger partial charge in [0.1, 0.15) is 0 Å². The van der Waals surface area contributed by atoms with Crippen molar-refractivity contribution in [2.24, 2.45) is 0 Å². The summed E-state index contributed by atoms with van der Waals surface area (Å²) in [5.41, 5.74) is 3.40. The maximum Gasteiger partial charge on any atom is 0.251 e. The van der Waals surface area contributed by atoms with Gasteiger partial charge in [-0.25, -0.2) is 0 Å². The number of hydrogen-bond acceptors (Lipinski definition) is 3. The van der Waals surface area contributed by atoms with Crippen molar-refractivity contribution in [1.29, 1.82) is 0 Å². The largest absolute Gasteiger partial charge is 0.352 e. The van der Waals surface area contributed by atoms with Gasteiger partial charge in [-0.05, 0) is 42.7 Å². The predicted molar refractivity (Wildman–Crippen MR) is 108 cm³/mol. The van der Waals surface area contributed by atoms with Crippen LogP contribution in [-0.4, -0.2) is 30.8 Å². The van der Waals surface area contributed by atoms with Crippen molar-refractivity contribution in [3.63, 3.8) is 0 Å². The fraction of sp³-hybridized carbons (Fsp3) is 0.318. The summed E-state index contributed by atoms with van der Waals surface area (Å²) in [6.07, 6.45) is 1.73. The molecule has 0 aromatic heterocycles. The van der Waals surface area contributed by atoms with Gasteiger partial charge in [0.25, 0.3) is 5.91 Å². The van der Waals surface area contributed by atoms with Gasteiger partial charge in [0.05, 0.1) is 0 Å². The first-order chi connectivity index (χ1) is 13.5. The lowest BCUT2D eigenvalue weighted by Crippen LogP contribution is -2.30. The first kappa shape index (κ1) is 19.6. The van der Waals surface area contributed by atoms with E-state index in [1.54, 1.807) is 11.0 Å². The third kappa shape index (κ3) is 4.97. The van der Waals surface area contributed by atoms with E-state index in [9.17, 15) is 14.4 Å². The molecular weight excluding hydrogens is 354 g/mol. The zero-order chi connectivity index (χ0) is 19.9. The zero-order valence-corrected chi connectivity index (χ0v) is 16.0. The molecule has 3 rings (SSSR count). The Kier molecular flexibility index (Phi) is 6.42. The minimum atomic E-state index is -0.169. The molecule has 1 fully saturated rings. The summed E-state index contributed by atoms with van der Waals surface area (Å²) >= 11 is 0. The summed E-state index contributed by atoms with van der Waals surface area (Å²) in [5.74, 6) is -0.129. The smallest absolute Gasteiger partial charge is 0.251 e. The molecule has 1 heterocycles. The SMILES string of the molecule is Cc1ccccc1C(=O)NCCC(=O)NCc1ccc(N2CCCC2=O)cc1. The molecule has 28 heavy (non-hydrogen) atoms. The molecule has 0 saturated carbocycles. The molecule has 2 aromatic rings. The van der Waals surface area contributed by atoms with Gasteiger partial charge in [-0.15, -0.1) is 0 Å². The second kappa shape index (κ2) is 9.17. The lowest BCUT2D eigenvalue weighted by atomic mass is 10.1. The third-order valence-electron chi connectivity index (χ3n) is 4.84. The molecule has 0 spiro atoms.